The smallest absolute Gasteiger partial charge is 0.160 e. The molecule has 24 heavy (non-hydrogen) atoms. The van der Waals surface area contributed by atoms with E-state index in [1.807, 2.05) is 19.2 Å². The summed E-state index contributed by atoms with van der Waals surface area (Å²) >= 11 is 0. The molecule has 2 aromatic heterocycles. The molecule has 4 rings (SSSR count). The van der Waals surface area contributed by atoms with E-state index < -0.39 is 5.82 Å². The number of hydrogen-bond donors (Lipinski definition) is 0. The van der Waals surface area contributed by atoms with E-state index in [2.05, 4.69) is 10.00 Å². The van der Waals surface area contributed by atoms with E-state index >= 15 is 0 Å². The third kappa shape index (κ3) is 2.52. The highest BCUT2D eigenvalue weighted by Crippen LogP contribution is 2.35. The molecule has 3 aromatic rings. The van der Waals surface area contributed by atoms with Crippen molar-refractivity contribution in [3.63, 3.8) is 0 Å². The van der Waals surface area contributed by atoms with E-state index in [1.165, 1.54) is 12.1 Å². The van der Waals surface area contributed by atoms with Crippen LogP contribution in [0.2, 0.25) is 0 Å². The third-order valence-electron chi connectivity index (χ3n) is 4.64. The Balaban J connectivity index is 1.78. The fourth-order valence-corrected chi connectivity index (χ4v) is 3.43. The molecule has 1 fully saturated rings. The number of aromatic nitrogens is 3. The first-order valence-corrected chi connectivity index (χ1v) is 8.16. The van der Waals surface area contributed by atoms with Gasteiger partial charge in [-0.15, -0.1) is 0 Å². The van der Waals surface area contributed by atoms with Gasteiger partial charge in [0.25, 0.3) is 0 Å². The number of nitrogens with zero attached hydrogens (tertiary/aromatic N) is 4. The van der Waals surface area contributed by atoms with Gasteiger partial charge in [-0.25, -0.2) is 18.3 Å². The van der Waals surface area contributed by atoms with Gasteiger partial charge >= 0.3 is 0 Å². The molecule has 124 valence electrons. The molecule has 0 aliphatic carbocycles. The molecule has 1 atom stereocenters. The monoisotopic (exact) mass is 328 g/mol. The number of hydrogen-bond acceptors (Lipinski definition) is 3. The normalized spacial score (nSPS) is 18.3. The highest BCUT2D eigenvalue weighted by atomic mass is 19.1. The molecule has 3 heterocycles. The van der Waals surface area contributed by atoms with E-state index in [9.17, 15) is 8.78 Å². The molecule has 0 radical (unpaired) electrons. The van der Waals surface area contributed by atoms with Gasteiger partial charge in [0.2, 0.25) is 0 Å². The molecule has 1 saturated heterocycles. The van der Waals surface area contributed by atoms with Gasteiger partial charge in [-0.05, 0) is 50.5 Å². The van der Waals surface area contributed by atoms with Crippen molar-refractivity contribution in [3.05, 3.63) is 59.4 Å². The summed E-state index contributed by atoms with van der Waals surface area (Å²) in [4.78, 5) is 6.77. The van der Waals surface area contributed by atoms with Crippen molar-refractivity contribution in [1.29, 1.82) is 0 Å². The average Bonchev–Trinajstić information content (AvgIpc) is 2.98. The van der Waals surface area contributed by atoms with Crippen molar-refractivity contribution in [2.45, 2.75) is 32.2 Å². The van der Waals surface area contributed by atoms with E-state index in [-0.39, 0.29) is 11.9 Å². The van der Waals surface area contributed by atoms with E-state index in [4.69, 9.17) is 4.98 Å². The van der Waals surface area contributed by atoms with E-state index in [0.717, 1.165) is 48.9 Å². The zero-order chi connectivity index (χ0) is 16.7. The zero-order valence-electron chi connectivity index (χ0n) is 13.4. The first-order valence-electron chi connectivity index (χ1n) is 8.16. The molecular formula is C18H18F2N4. The number of anilines is 1. The molecule has 1 unspecified atom stereocenters. The van der Waals surface area contributed by atoms with Crippen molar-refractivity contribution < 1.29 is 8.78 Å². The lowest BCUT2D eigenvalue weighted by Gasteiger charge is -2.37. The Hall–Kier alpha value is -2.50. The molecule has 4 nitrogen and oxygen atoms in total. The predicted molar refractivity (Wildman–Crippen MR) is 88.0 cm³/mol. The molecule has 0 spiro atoms. The molecule has 0 bridgehead atoms. The number of halogens is 2. The van der Waals surface area contributed by atoms with Crippen molar-refractivity contribution in [1.82, 2.24) is 14.6 Å². The topological polar surface area (TPSA) is 33.4 Å². The minimum atomic E-state index is -0.410. The molecule has 0 saturated carbocycles. The quantitative estimate of drug-likeness (QED) is 0.712. The Morgan fingerprint density at radius 1 is 1.17 bits per heavy atom. The first-order chi connectivity index (χ1) is 11.6. The minimum Gasteiger partial charge on any atom is -0.349 e. The lowest BCUT2D eigenvalue weighted by molar-refractivity contribution is 0.449. The van der Waals surface area contributed by atoms with E-state index in [1.54, 1.807) is 10.7 Å². The maximum atomic E-state index is 14.3. The average molecular weight is 328 g/mol. The van der Waals surface area contributed by atoms with Crippen molar-refractivity contribution in [2.75, 3.05) is 11.4 Å². The Bertz CT molecular complexity index is 890. The number of rotatable bonds is 2. The van der Waals surface area contributed by atoms with Crippen LogP contribution in [0.3, 0.4) is 0 Å². The van der Waals surface area contributed by atoms with Gasteiger partial charge < -0.3 is 4.90 Å². The Morgan fingerprint density at radius 3 is 2.92 bits per heavy atom. The lowest BCUT2D eigenvalue weighted by Crippen LogP contribution is -2.34. The molecular weight excluding hydrogens is 310 g/mol. The molecule has 1 aromatic carbocycles. The summed E-state index contributed by atoms with van der Waals surface area (Å²) < 4.78 is 29.6. The molecule has 0 N–H and O–H groups in total. The molecule has 6 heteroatoms. The summed E-state index contributed by atoms with van der Waals surface area (Å²) in [7, 11) is 0. The largest absolute Gasteiger partial charge is 0.349 e. The van der Waals surface area contributed by atoms with Gasteiger partial charge in [-0.2, -0.15) is 5.10 Å². The maximum Gasteiger partial charge on any atom is 0.160 e. The van der Waals surface area contributed by atoms with Crippen LogP contribution >= 0.6 is 0 Å². The van der Waals surface area contributed by atoms with Gasteiger partial charge in [0.15, 0.2) is 5.65 Å². The maximum absolute atomic E-state index is 14.3. The third-order valence-corrected chi connectivity index (χ3v) is 4.64. The fourth-order valence-electron chi connectivity index (χ4n) is 3.43. The van der Waals surface area contributed by atoms with Crippen LogP contribution in [0, 0.1) is 18.6 Å². The molecule has 1 aliphatic rings. The lowest BCUT2D eigenvalue weighted by atomic mass is 9.94. The number of fused-ring (bicyclic) bond motifs is 1. The summed E-state index contributed by atoms with van der Waals surface area (Å²) in [5.41, 5.74) is 2.18. The van der Waals surface area contributed by atoms with Gasteiger partial charge in [0.1, 0.15) is 17.5 Å². The zero-order valence-corrected chi connectivity index (χ0v) is 13.4. The summed E-state index contributed by atoms with van der Waals surface area (Å²) in [5.74, 6) is 0.00124. The predicted octanol–water partition coefficient (Wildman–Crippen LogP) is 4.05. The molecule has 0 amide bonds. The Labute approximate surface area is 138 Å². The standard InChI is InChI=1S/C18H18F2N4/c1-12-11-21-24-9-7-17(22-18(12)24)23-8-3-2-4-16(23)14-10-13(19)5-6-15(14)20/h5-7,9-11,16H,2-4,8H2,1H3. The van der Waals surface area contributed by atoms with Crippen molar-refractivity contribution >= 4 is 11.5 Å². The van der Waals surface area contributed by atoms with Crippen LogP contribution in [-0.2, 0) is 0 Å². The van der Waals surface area contributed by atoms with Crippen LogP contribution in [0.15, 0.2) is 36.7 Å². The van der Waals surface area contributed by atoms with Gasteiger partial charge in [0.05, 0.1) is 12.2 Å². The second-order valence-electron chi connectivity index (χ2n) is 6.25. The van der Waals surface area contributed by atoms with Crippen LogP contribution < -0.4 is 4.90 Å². The summed E-state index contributed by atoms with van der Waals surface area (Å²) in [6, 6.07) is 5.35. The van der Waals surface area contributed by atoms with Crippen LogP contribution in [-0.4, -0.2) is 21.1 Å². The van der Waals surface area contributed by atoms with Gasteiger partial charge in [-0.3, -0.25) is 0 Å². The summed E-state index contributed by atoms with van der Waals surface area (Å²) in [6.45, 7) is 2.73. The number of aryl methyl sites for hydroxylation is 1. The Kier molecular flexibility index (Phi) is 3.67. The highest BCUT2D eigenvalue weighted by molar-refractivity contribution is 5.53. The van der Waals surface area contributed by atoms with Gasteiger partial charge in [-0.1, -0.05) is 0 Å². The van der Waals surface area contributed by atoms with Crippen molar-refractivity contribution in [2.24, 2.45) is 0 Å². The molecule has 1 aliphatic heterocycles. The highest BCUT2D eigenvalue weighted by Gasteiger charge is 2.28. The summed E-state index contributed by atoms with van der Waals surface area (Å²) in [6.07, 6.45) is 6.42. The summed E-state index contributed by atoms with van der Waals surface area (Å²) in [5, 5.41) is 4.23. The van der Waals surface area contributed by atoms with Crippen LogP contribution in [0.4, 0.5) is 14.6 Å². The van der Waals surface area contributed by atoms with Crippen molar-refractivity contribution in [3.8, 4) is 0 Å². The van der Waals surface area contributed by atoms with Crippen LogP contribution in [0.5, 0.6) is 0 Å². The van der Waals surface area contributed by atoms with Crippen LogP contribution in [0.25, 0.3) is 5.65 Å². The van der Waals surface area contributed by atoms with E-state index in [0.29, 0.717) is 5.56 Å². The first kappa shape index (κ1) is 15.1. The fraction of sp³-hybridized carbons (Fsp3) is 0.333. The SMILES string of the molecule is Cc1cnn2ccc(N3CCCCC3c3cc(F)ccc3F)nc12. The second kappa shape index (κ2) is 5.85. The van der Waals surface area contributed by atoms with Crippen LogP contribution in [0.1, 0.15) is 36.4 Å². The second-order valence-corrected chi connectivity index (χ2v) is 6.25. The number of piperidine rings is 1. The minimum absolute atomic E-state index is 0.201. The Morgan fingerprint density at radius 2 is 2.04 bits per heavy atom. The number of benzene rings is 1. The van der Waals surface area contributed by atoms with Gasteiger partial charge in [0, 0.05) is 23.9 Å².